The van der Waals surface area contributed by atoms with E-state index in [9.17, 15) is 12.8 Å². The second-order valence-corrected chi connectivity index (χ2v) is 9.69. The highest BCUT2D eigenvalue weighted by atomic mass is 32.2. The maximum Gasteiger partial charge on any atom is 0.151 e. The van der Waals surface area contributed by atoms with Gasteiger partial charge in [0.1, 0.15) is 5.82 Å². The van der Waals surface area contributed by atoms with Gasteiger partial charge in [-0.2, -0.15) is 5.10 Å². The van der Waals surface area contributed by atoms with Crippen LogP contribution < -0.4 is 5.32 Å². The summed E-state index contributed by atoms with van der Waals surface area (Å²) < 4.78 is 40.3. The summed E-state index contributed by atoms with van der Waals surface area (Å²) in [6.07, 6.45) is 4.25. The Morgan fingerprint density at radius 2 is 2.00 bits per heavy atom. The second-order valence-electron chi connectivity index (χ2n) is 7.46. The average molecular weight is 418 g/mol. The zero-order chi connectivity index (χ0) is 20.6. The van der Waals surface area contributed by atoms with Gasteiger partial charge in [-0.05, 0) is 44.5 Å². The largest absolute Gasteiger partial charge is 0.329 e. The van der Waals surface area contributed by atoms with E-state index in [4.69, 9.17) is 0 Å². The lowest BCUT2D eigenvalue weighted by molar-refractivity contribution is 0.521. The standard InChI is InChI=1S/C20H24FN5O2S/c1-14-20(15(2)26(24-14)18-5-3-16(21)4-6-18)19-11-22-13-25(19)9-8-23-17-7-10-29(27,28)12-17/h3-6,11,13,17,23H,7-10,12H2,1-2H3. The maximum atomic E-state index is 13.3. The Bertz CT molecular complexity index is 1120. The van der Waals surface area contributed by atoms with Gasteiger partial charge in [0.2, 0.25) is 0 Å². The van der Waals surface area contributed by atoms with Crippen molar-refractivity contribution >= 4 is 9.84 Å². The van der Waals surface area contributed by atoms with Crippen molar-refractivity contribution in [3.8, 4) is 16.9 Å². The fourth-order valence-electron chi connectivity index (χ4n) is 3.90. The molecule has 3 aromatic rings. The molecule has 7 nitrogen and oxygen atoms in total. The van der Waals surface area contributed by atoms with E-state index in [1.54, 1.807) is 18.5 Å². The van der Waals surface area contributed by atoms with Gasteiger partial charge in [0.15, 0.2) is 9.84 Å². The molecule has 29 heavy (non-hydrogen) atoms. The van der Waals surface area contributed by atoms with Gasteiger partial charge < -0.3 is 9.88 Å². The molecule has 3 heterocycles. The predicted molar refractivity (Wildman–Crippen MR) is 109 cm³/mol. The van der Waals surface area contributed by atoms with Crippen LogP contribution in [-0.2, 0) is 16.4 Å². The molecule has 4 rings (SSSR count). The molecule has 1 aliphatic rings. The first-order valence-corrected chi connectivity index (χ1v) is 11.4. The molecular weight excluding hydrogens is 393 g/mol. The van der Waals surface area contributed by atoms with Crippen LogP contribution in [0.4, 0.5) is 4.39 Å². The number of nitrogens with zero attached hydrogens (tertiary/aromatic N) is 4. The number of benzene rings is 1. The third kappa shape index (κ3) is 4.11. The van der Waals surface area contributed by atoms with Gasteiger partial charge in [-0.3, -0.25) is 0 Å². The summed E-state index contributed by atoms with van der Waals surface area (Å²) >= 11 is 0. The Morgan fingerprint density at radius 1 is 1.24 bits per heavy atom. The van der Waals surface area contributed by atoms with Crippen LogP contribution in [0.15, 0.2) is 36.8 Å². The summed E-state index contributed by atoms with van der Waals surface area (Å²) in [5.41, 5.74) is 4.56. The SMILES string of the molecule is Cc1nn(-c2ccc(F)cc2)c(C)c1-c1cncn1CCNC1CCS(=O)(=O)C1. The van der Waals surface area contributed by atoms with Crippen LogP contribution in [0.5, 0.6) is 0 Å². The van der Waals surface area contributed by atoms with Crippen LogP contribution >= 0.6 is 0 Å². The van der Waals surface area contributed by atoms with Gasteiger partial charge in [-0.1, -0.05) is 0 Å². The van der Waals surface area contributed by atoms with Gasteiger partial charge >= 0.3 is 0 Å². The first kappa shape index (κ1) is 19.8. The zero-order valence-corrected chi connectivity index (χ0v) is 17.3. The third-order valence-electron chi connectivity index (χ3n) is 5.35. The summed E-state index contributed by atoms with van der Waals surface area (Å²) in [5, 5.41) is 7.97. The summed E-state index contributed by atoms with van der Waals surface area (Å²) in [6, 6.07) is 6.27. The Morgan fingerprint density at radius 3 is 2.69 bits per heavy atom. The quantitative estimate of drug-likeness (QED) is 0.665. The molecular formula is C20H24FN5O2S. The predicted octanol–water partition coefficient (Wildman–Crippen LogP) is 2.27. The Hall–Kier alpha value is -2.52. The van der Waals surface area contributed by atoms with Crippen molar-refractivity contribution in [3.05, 3.63) is 54.0 Å². The third-order valence-corrected chi connectivity index (χ3v) is 7.12. The molecule has 1 saturated heterocycles. The van der Waals surface area contributed by atoms with Crippen LogP contribution in [0.1, 0.15) is 17.8 Å². The van der Waals surface area contributed by atoms with Crippen molar-refractivity contribution < 1.29 is 12.8 Å². The second kappa shape index (κ2) is 7.72. The van der Waals surface area contributed by atoms with E-state index < -0.39 is 9.84 Å². The van der Waals surface area contributed by atoms with Crippen molar-refractivity contribution in [2.75, 3.05) is 18.1 Å². The molecule has 1 unspecified atom stereocenters. The van der Waals surface area contributed by atoms with Gasteiger partial charge in [-0.15, -0.1) is 0 Å². The molecule has 9 heteroatoms. The van der Waals surface area contributed by atoms with E-state index in [0.29, 0.717) is 19.5 Å². The molecule has 0 bridgehead atoms. The molecule has 1 N–H and O–H groups in total. The molecule has 0 saturated carbocycles. The van der Waals surface area contributed by atoms with Crippen LogP contribution in [-0.4, -0.2) is 51.8 Å². The lowest BCUT2D eigenvalue weighted by Gasteiger charge is -2.13. The molecule has 0 amide bonds. The first-order chi connectivity index (χ1) is 13.8. The number of nitrogens with one attached hydrogen (secondary N) is 1. The normalized spacial score (nSPS) is 18.4. The van der Waals surface area contributed by atoms with E-state index in [1.165, 1.54) is 12.1 Å². The minimum absolute atomic E-state index is 0.0247. The van der Waals surface area contributed by atoms with Gasteiger partial charge in [0.05, 0.1) is 46.8 Å². The first-order valence-electron chi connectivity index (χ1n) is 9.60. The number of hydrogen-bond donors (Lipinski definition) is 1. The zero-order valence-electron chi connectivity index (χ0n) is 16.5. The van der Waals surface area contributed by atoms with Crippen LogP contribution in [0, 0.1) is 19.7 Å². The van der Waals surface area contributed by atoms with E-state index in [-0.39, 0.29) is 23.4 Å². The highest BCUT2D eigenvalue weighted by molar-refractivity contribution is 7.91. The molecule has 1 fully saturated rings. The molecule has 154 valence electrons. The number of aryl methyl sites for hydroxylation is 1. The van der Waals surface area contributed by atoms with Crippen molar-refractivity contribution in [2.45, 2.75) is 32.9 Å². The number of imidazole rings is 1. The molecule has 0 radical (unpaired) electrons. The highest BCUT2D eigenvalue weighted by Gasteiger charge is 2.27. The van der Waals surface area contributed by atoms with Gasteiger partial charge in [-0.25, -0.2) is 22.5 Å². The van der Waals surface area contributed by atoms with Gasteiger partial charge in [0.25, 0.3) is 0 Å². The van der Waals surface area contributed by atoms with E-state index in [1.807, 2.05) is 29.3 Å². The number of sulfone groups is 1. The minimum atomic E-state index is -2.88. The van der Waals surface area contributed by atoms with Gasteiger partial charge in [0, 0.05) is 24.7 Å². The van der Waals surface area contributed by atoms with E-state index in [2.05, 4.69) is 15.4 Å². The number of halogens is 1. The molecule has 1 aliphatic heterocycles. The summed E-state index contributed by atoms with van der Waals surface area (Å²) in [7, 11) is -2.88. The summed E-state index contributed by atoms with van der Waals surface area (Å²) in [4.78, 5) is 4.30. The smallest absolute Gasteiger partial charge is 0.151 e. The molecule has 1 aromatic carbocycles. The van der Waals surface area contributed by atoms with Crippen LogP contribution in [0.25, 0.3) is 16.9 Å². The highest BCUT2D eigenvalue weighted by Crippen LogP contribution is 2.28. The summed E-state index contributed by atoms with van der Waals surface area (Å²) in [5.74, 6) is 0.199. The van der Waals surface area contributed by atoms with E-state index >= 15 is 0 Å². The fraction of sp³-hybridized carbons (Fsp3) is 0.400. The minimum Gasteiger partial charge on any atom is -0.329 e. The lowest BCUT2D eigenvalue weighted by atomic mass is 10.1. The molecule has 0 spiro atoms. The van der Waals surface area contributed by atoms with E-state index in [0.717, 1.165) is 28.3 Å². The topological polar surface area (TPSA) is 81.8 Å². The average Bonchev–Trinajstić information content (AvgIpc) is 3.34. The van der Waals surface area contributed by atoms with Crippen molar-refractivity contribution in [1.82, 2.24) is 24.6 Å². The molecule has 2 aromatic heterocycles. The molecule has 1 atom stereocenters. The fourth-order valence-corrected chi connectivity index (χ4v) is 5.61. The number of rotatable bonds is 6. The van der Waals surface area contributed by atoms with Crippen molar-refractivity contribution in [3.63, 3.8) is 0 Å². The van der Waals surface area contributed by atoms with Crippen LogP contribution in [0.3, 0.4) is 0 Å². The Kier molecular flexibility index (Phi) is 5.26. The molecule has 0 aliphatic carbocycles. The van der Waals surface area contributed by atoms with Crippen molar-refractivity contribution in [1.29, 1.82) is 0 Å². The van der Waals surface area contributed by atoms with Crippen LogP contribution in [0.2, 0.25) is 0 Å². The number of hydrogen-bond acceptors (Lipinski definition) is 5. The Labute approximate surface area is 169 Å². The summed E-state index contributed by atoms with van der Waals surface area (Å²) in [6.45, 7) is 5.26. The maximum absolute atomic E-state index is 13.3. The lowest BCUT2D eigenvalue weighted by Crippen LogP contribution is -2.32. The number of aromatic nitrogens is 4. The monoisotopic (exact) mass is 417 g/mol. The van der Waals surface area contributed by atoms with Crippen molar-refractivity contribution in [2.24, 2.45) is 0 Å². The Balaban J connectivity index is 1.53.